The molecule has 6 aliphatic rings. The van der Waals surface area contributed by atoms with E-state index in [1.54, 1.807) is 100 Å². The van der Waals surface area contributed by atoms with Crippen molar-refractivity contribution < 1.29 is 81.0 Å². The lowest BCUT2D eigenvalue weighted by Crippen LogP contribution is -2.59. The Morgan fingerprint density at radius 1 is 0.625 bits per heavy atom. The van der Waals surface area contributed by atoms with Gasteiger partial charge in [-0.2, -0.15) is 0 Å². The van der Waals surface area contributed by atoms with Crippen molar-refractivity contribution in [2.45, 2.75) is 190 Å². The topological polar surface area (TPSA) is 392 Å². The van der Waals surface area contributed by atoms with Gasteiger partial charge < -0.3 is 65.2 Å². The zero-order chi connectivity index (χ0) is 77.5. The Balaban J connectivity index is 0.000000964. The first-order valence-corrected chi connectivity index (χ1v) is 35.7. The van der Waals surface area contributed by atoms with Crippen LogP contribution in [0.3, 0.4) is 0 Å². The van der Waals surface area contributed by atoms with E-state index in [4.69, 9.17) is 40.9 Å². The van der Waals surface area contributed by atoms with E-state index in [2.05, 4.69) is 26.6 Å². The number of ketones is 2. The number of cyclic esters (lactones) is 2. The molecule has 29 nitrogen and oxygen atoms in total. The second-order valence-corrected chi connectivity index (χ2v) is 29.8. The molecule has 3 aliphatic heterocycles. The van der Waals surface area contributed by atoms with Gasteiger partial charge in [-0.05, 0) is 121 Å². The summed E-state index contributed by atoms with van der Waals surface area (Å²) in [5.74, 6) is -14.9. The van der Waals surface area contributed by atoms with Gasteiger partial charge in [0.05, 0.1) is 48.1 Å². The number of anilines is 2. The Morgan fingerprint density at radius 2 is 1.08 bits per heavy atom. The van der Waals surface area contributed by atoms with E-state index in [0.717, 1.165) is 9.80 Å². The van der Waals surface area contributed by atoms with Crippen LogP contribution in [0.4, 0.5) is 16.2 Å². The Morgan fingerprint density at radius 3 is 1.51 bits per heavy atom. The van der Waals surface area contributed by atoms with Gasteiger partial charge in [-0.25, -0.2) is 19.4 Å². The SMILES string of the molecule is CC(C)OC(=O)Nc1cccc(Cl)c1.Cc1c2oc3c(C)ccc(C(=O)NC4C(=O)NC(C(C)C)C(=O)C5CCCC5C(=O)N(C)CC(=O)N(C)C(C(C)C)C(=O)OC4C)c3nc-2c(C(=O)NC2C(=O)NC(C(C)C)C(=O)C3CCCC3C(=O)N(C)CC(=O)N(C)C(C(C)C)C(=O)OC2C)c(N)c1=O. The first-order chi connectivity index (χ1) is 48.7. The molecule has 566 valence electrons. The number of carbonyl (C=O) groups excluding carboxylic acids is 13. The second-order valence-electron chi connectivity index (χ2n) is 29.3. The molecule has 30 heteroatoms. The van der Waals surface area contributed by atoms with Crippen LogP contribution in [-0.4, -0.2) is 197 Å². The molecule has 8 rings (SSSR count). The zero-order valence-corrected chi connectivity index (χ0v) is 63.2. The molecule has 12 unspecified atom stereocenters. The third-order valence-electron chi connectivity index (χ3n) is 19.8. The number of nitrogens with one attached hydrogen (secondary N) is 5. The van der Waals surface area contributed by atoms with E-state index >= 15 is 9.59 Å². The predicted octanol–water partition coefficient (Wildman–Crippen LogP) is 6.01. The van der Waals surface area contributed by atoms with Crippen LogP contribution in [0.5, 0.6) is 0 Å². The molecule has 3 heterocycles. The van der Waals surface area contributed by atoms with Crippen molar-refractivity contribution in [1.29, 1.82) is 0 Å². The third kappa shape index (κ3) is 18.3. The summed E-state index contributed by atoms with van der Waals surface area (Å²) in [7, 11) is 5.66. The number of esters is 2. The van der Waals surface area contributed by atoms with Crippen molar-refractivity contribution in [3.8, 4) is 11.5 Å². The predicted molar refractivity (Wildman–Crippen MR) is 384 cm³/mol. The molecule has 7 N–H and O–H groups in total. The monoisotopic (exact) mass is 1470 g/mol. The molecule has 0 spiro atoms. The van der Waals surface area contributed by atoms with E-state index < -0.39 is 202 Å². The van der Waals surface area contributed by atoms with Crippen LogP contribution in [0, 0.1) is 61.2 Å². The fraction of sp³-hybridized carbons (Fsp3) is 0.581. The van der Waals surface area contributed by atoms with E-state index in [-0.39, 0.29) is 39.8 Å². The number of nitrogens with zero attached hydrogens (tertiary/aromatic N) is 5. The molecule has 0 bridgehead atoms. The zero-order valence-electron chi connectivity index (χ0n) is 62.5. The summed E-state index contributed by atoms with van der Waals surface area (Å²) in [6, 6.07) is 1.18. The van der Waals surface area contributed by atoms with Crippen molar-refractivity contribution in [3.63, 3.8) is 0 Å². The number of nitrogen functional groups attached to an aromatic ring is 1. The Hall–Kier alpha value is -9.54. The van der Waals surface area contributed by atoms with Gasteiger partial charge in [0.1, 0.15) is 47.6 Å². The largest absolute Gasteiger partial charge is 0.458 e. The summed E-state index contributed by atoms with van der Waals surface area (Å²) < 4.78 is 23.2. The number of aromatic nitrogens is 1. The van der Waals surface area contributed by atoms with Gasteiger partial charge >= 0.3 is 18.0 Å². The summed E-state index contributed by atoms with van der Waals surface area (Å²) >= 11 is 5.74. The lowest BCUT2D eigenvalue weighted by atomic mass is 9.83. The summed E-state index contributed by atoms with van der Waals surface area (Å²) in [6.07, 6.45) is -1.25. The molecule has 2 saturated heterocycles. The molecule has 2 aromatic carbocycles. The standard InChI is InChI=1S/C64H88N10O16.C10H12ClNO2/c1-27(2)44-53(78)35-19-17-21-37(35)61(84)71(13)25-40(75)73(15)50(29(5)6)63(86)88-33(11)46(59(82)67-44)69-57(80)39-24-23-31(9)55-48(39)66-49-42(43(65)52(77)32(10)56(49)90-55)58(81)70-47-34(12)89-64(87)51(30(7)8)74(16)41(76)26-72(14)62(85)38-22-18-20-36(38)54(79)45(28(3)4)68-60(47)83;1-7(2)14-10(13)12-9-5-3-4-8(11)6-9/h23-24,27-30,33-38,44-47,50-51H,17-22,25-26,65H2,1-16H3,(H,67,82)(H,68,83)(H,69,80)(H,70,81);3-7H,1-2H3,(H,12,13). The molecule has 0 radical (unpaired) electrons. The molecule has 3 aliphatic carbocycles. The Kier molecular flexibility index (Phi) is 27.0. The van der Waals surface area contributed by atoms with Crippen molar-refractivity contribution in [2.75, 3.05) is 52.3 Å². The number of ether oxygens (including phenoxy) is 3. The first kappa shape index (κ1) is 81.8. The van der Waals surface area contributed by atoms with E-state index in [1.807, 2.05) is 0 Å². The first-order valence-electron chi connectivity index (χ1n) is 35.3. The van der Waals surface area contributed by atoms with Gasteiger partial charge in [0.2, 0.25) is 40.9 Å². The number of likely N-dealkylation sites (N-methyl/N-ethyl adjacent to an activating group) is 4. The Labute approximate surface area is 610 Å². The summed E-state index contributed by atoms with van der Waals surface area (Å²) in [6.45, 7) is 21.9. The lowest BCUT2D eigenvalue weighted by molar-refractivity contribution is -0.163. The fourth-order valence-electron chi connectivity index (χ4n) is 14.1. The number of hydrogen-bond acceptors (Lipinski definition) is 20. The molecule has 2 saturated carbocycles. The third-order valence-corrected chi connectivity index (χ3v) is 20.0. The molecular weight excluding hydrogens is 1370 g/mol. The number of nitrogens with two attached hydrogens (primary N) is 1. The highest BCUT2D eigenvalue weighted by atomic mass is 35.5. The number of carbonyl (C=O) groups is 13. The number of rotatable bonds is 10. The average Bonchev–Trinajstić information content (AvgIpc) is 1.40. The Bertz CT molecular complexity index is 4020. The minimum Gasteiger partial charge on any atom is -0.458 e. The molecule has 9 amide bonds. The van der Waals surface area contributed by atoms with Crippen LogP contribution >= 0.6 is 11.6 Å². The molecule has 12 atom stereocenters. The number of aryl methyl sites for hydroxylation is 1. The number of amides is 9. The number of benzene rings is 3. The molecular formula is C74H100ClN11O18. The van der Waals surface area contributed by atoms with E-state index in [0.29, 0.717) is 54.8 Å². The van der Waals surface area contributed by atoms with Gasteiger partial charge in [0.25, 0.3) is 11.8 Å². The number of halogens is 1. The summed E-state index contributed by atoms with van der Waals surface area (Å²) in [4.78, 5) is 208. The second kappa shape index (κ2) is 34.4. The van der Waals surface area contributed by atoms with Crippen LogP contribution in [0.25, 0.3) is 22.6 Å². The molecule has 104 heavy (non-hydrogen) atoms. The number of hydrogen-bond donors (Lipinski definition) is 6. The molecule has 4 fully saturated rings. The highest BCUT2D eigenvalue weighted by Crippen LogP contribution is 2.39. The van der Waals surface area contributed by atoms with Crippen LogP contribution in [-0.2, 0) is 62.2 Å². The number of fused-ring (bicyclic) bond motifs is 4. The van der Waals surface area contributed by atoms with Crippen molar-refractivity contribution >= 4 is 111 Å². The van der Waals surface area contributed by atoms with Crippen molar-refractivity contribution in [2.24, 2.45) is 47.3 Å². The van der Waals surface area contributed by atoms with Crippen LogP contribution in [0.2, 0.25) is 5.02 Å². The molecule has 0 aromatic heterocycles. The van der Waals surface area contributed by atoms with Crippen LogP contribution in [0.1, 0.15) is 153 Å². The maximum Gasteiger partial charge on any atom is 0.411 e. The highest BCUT2D eigenvalue weighted by molar-refractivity contribution is 6.31. The van der Waals surface area contributed by atoms with Gasteiger partial charge in [-0.1, -0.05) is 92.0 Å². The van der Waals surface area contributed by atoms with Crippen molar-refractivity contribution in [3.05, 3.63) is 73.9 Å². The van der Waals surface area contributed by atoms with Gasteiger partial charge in [0, 0.05) is 68.1 Å². The van der Waals surface area contributed by atoms with Gasteiger partial charge in [-0.15, -0.1) is 0 Å². The van der Waals surface area contributed by atoms with E-state index in [1.165, 1.54) is 70.9 Å². The average molecular weight is 1470 g/mol. The van der Waals surface area contributed by atoms with Gasteiger partial charge in [0.15, 0.2) is 22.9 Å². The van der Waals surface area contributed by atoms with Crippen molar-refractivity contribution in [1.82, 2.24) is 45.9 Å². The van der Waals surface area contributed by atoms with E-state index in [9.17, 15) is 57.5 Å². The summed E-state index contributed by atoms with van der Waals surface area (Å²) in [5, 5.41) is 13.9. The smallest absolute Gasteiger partial charge is 0.411 e. The van der Waals surface area contributed by atoms with Gasteiger partial charge in [-0.3, -0.25) is 58.1 Å². The maximum atomic E-state index is 15.2. The quantitative estimate of drug-likeness (QED) is 0.0458. The minimum absolute atomic E-state index is 0.0668. The number of Topliss-reactive ketones (excluding diaryl/α,β-unsaturated/α-hetero) is 2. The lowest BCUT2D eigenvalue weighted by Gasteiger charge is -2.35. The summed E-state index contributed by atoms with van der Waals surface area (Å²) in [5.41, 5.74) is 4.30. The fourth-order valence-corrected chi connectivity index (χ4v) is 14.3. The van der Waals surface area contributed by atoms with Crippen LogP contribution < -0.4 is 37.7 Å². The maximum absolute atomic E-state index is 15.2. The normalized spacial score (nSPS) is 25.4. The highest BCUT2D eigenvalue weighted by Gasteiger charge is 2.48. The minimum atomic E-state index is -1.86. The molecule has 2 aromatic rings. The van der Waals surface area contributed by atoms with Crippen LogP contribution in [0.15, 0.2) is 45.6 Å².